The van der Waals surface area contributed by atoms with E-state index in [1.165, 1.54) is 11.3 Å². The van der Waals surface area contributed by atoms with Gasteiger partial charge >= 0.3 is 0 Å². The minimum Gasteiger partial charge on any atom is -0.492 e. The van der Waals surface area contributed by atoms with Crippen LogP contribution in [-0.2, 0) is 4.79 Å². The summed E-state index contributed by atoms with van der Waals surface area (Å²) in [5, 5.41) is 14.4. The summed E-state index contributed by atoms with van der Waals surface area (Å²) >= 11 is 1.27. The van der Waals surface area contributed by atoms with Crippen molar-refractivity contribution in [3.8, 4) is 5.88 Å². The van der Waals surface area contributed by atoms with E-state index in [9.17, 15) is 14.7 Å². The van der Waals surface area contributed by atoms with Gasteiger partial charge in [0.2, 0.25) is 11.8 Å². The molecule has 2 aliphatic heterocycles. The molecule has 2 aromatic rings. The zero-order valence-corrected chi connectivity index (χ0v) is 13.0. The molecule has 122 valence electrons. The van der Waals surface area contributed by atoms with Crippen LogP contribution in [0.3, 0.4) is 0 Å². The second-order valence-corrected chi connectivity index (χ2v) is 6.21. The number of thiophene rings is 1. The molecule has 10 heteroatoms. The van der Waals surface area contributed by atoms with Crippen molar-refractivity contribution in [2.24, 2.45) is 10.7 Å². The van der Waals surface area contributed by atoms with Gasteiger partial charge in [-0.3, -0.25) is 9.59 Å². The number of rotatable bonds is 2. The third kappa shape index (κ3) is 1.93. The highest BCUT2D eigenvalue weighted by Crippen LogP contribution is 2.47. The maximum atomic E-state index is 12.3. The normalized spacial score (nSPS) is 16.3. The third-order valence-corrected chi connectivity index (χ3v) is 4.89. The molecule has 7 N–H and O–H groups in total. The van der Waals surface area contributed by atoms with Gasteiger partial charge in [0.25, 0.3) is 11.8 Å². The highest BCUT2D eigenvalue weighted by molar-refractivity contribution is 7.13. The van der Waals surface area contributed by atoms with Crippen molar-refractivity contribution in [3.05, 3.63) is 21.5 Å². The number of nitrogens with one attached hydrogen (secondary N) is 2. The predicted octanol–water partition coefficient (Wildman–Crippen LogP) is 0.375. The van der Waals surface area contributed by atoms with Crippen molar-refractivity contribution in [2.45, 2.75) is 6.42 Å². The molecule has 2 aromatic heterocycles. The summed E-state index contributed by atoms with van der Waals surface area (Å²) in [5.41, 5.74) is 13.4. The zero-order valence-electron chi connectivity index (χ0n) is 12.2. The first kappa shape index (κ1) is 14.5. The minimum atomic E-state index is -0.607. The number of aromatic amines is 1. The number of nitrogens with zero attached hydrogens (tertiary/aromatic N) is 2. The monoisotopic (exact) mass is 344 g/mol. The Labute approximate surface area is 139 Å². The summed E-state index contributed by atoms with van der Waals surface area (Å²) in [6.07, 6.45) is 0.443. The Kier molecular flexibility index (Phi) is 2.97. The third-order valence-electron chi connectivity index (χ3n) is 3.90. The quantitative estimate of drug-likeness (QED) is 0.531. The molecule has 0 radical (unpaired) electrons. The molecule has 0 aliphatic carbocycles. The lowest BCUT2D eigenvalue weighted by Crippen LogP contribution is -2.29. The number of aromatic nitrogens is 2. The number of H-pyrrole nitrogens is 1. The molecule has 0 bridgehead atoms. The smallest absolute Gasteiger partial charge is 0.270 e. The molecule has 0 atom stereocenters. The van der Waals surface area contributed by atoms with E-state index in [1.807, 2.05) is 0 Å². The van der Waals surface area contributed by atoms with Gasteiger partial charge in [-0.05, 0) is 12.0 Å². The molecule has 0 saturated carbocycles. The molecule has 2 aliphatic rings. The number of fused-ring (bicyclic) bond motifs is 3. The van der Waals surface area contributed by atoms with Gasteiger partial charge in [-0.25, -0.2) is 4.99 Å². The number of carbonyl (C=O) groups is 2. The number of carbonyl (C=O) groups excluding carboxylic acids is 2. The summed E-state index contributed by atoms with van der Waals surface area (Å²) in [5.74, 6) is -1.13. The zero-order chi connectivity index (χ0) is 17.0. The van der Waals surface area contributed by atoms with Crippen molar-refractivity contribution in [1.82, 2.24) is 15.3 Å². The molecule has 9 nitrogen and oxygen atoms in total. The van der Waals surface area contributed by atoms with Crippen LogP contribution < -0.4 is 16.8 Å². The van der Waals surface area contributed by atoms with Crippen LogP contribution in [0.4, 0.5) is 11.6 Å². The maximum Gasteiger partial charge on any atom is 0.270 e. The first-order valence-electron chi connectivity index (χ1n) is 7.04. The van der Waals surface area contributed by atoms with E-state index in [4.69, 9.17) is 11.5 Å². The molecule has 4 rings (SSSR count). The molecule has 4 heterocycles. The van der Waals surface area contributed by atoms with Gasteiger partial charge in [0.1, 0.15) is 11.4 Å². The fourth-order valence-corrected chi connectivity index (χ4v) is 3.95. The van der Waals surface area contributed by atoms with E-state index in [0.29, 0.717) is 40.4 Å². The topological polar surface area (TPSA) is 159 Å². The second-order valence-electron chi connectivity index (χ2n) is 5.33. The van der Waals surface area contributed by atoms with Gasteiger partial charge in [-0.1, -0.05) is 0 Å². The van der Waals surface area contributed by atoms with E-state index >= 15 is 0 Å². The molecule has 0 aromatic carbocycles. The second kappa shape index (κ2) is 4.93. The number of primary amides is 1. The van der Waals surface area contributed by atoms with Crippen LogP contribution in [0.15, 0.2) is 10.4 Å². The van der Waals surface area contributed by atoms with Crippen LogP contribution in [0.2, 0.25) is 0 Å². The number of aromatic hydroxyl groups is 1. The fourth-order valence-electron chi connectivity index (χ4n) is 2.89. The average molecular weight is 344 g/mol. The summed E-state index contributed by atoms with van der Waals surface area (Å²) in [7, 11) is 0. The number of aliphatic imine (C=N–C) groups is 1. The lowest BCUT2D eigenvalue weighted by atomic mass is 9.98. The molecular weight excluding hydrogens is 332 g/mol. The Hall–Kier alpha value is -3.14. The van der Waals surface area contributed by atoms with Crippen molar-refractivity contribution >= 4 is 51.6 Å². The van der Waals surface area contributed by atoms with Crippen LogP contribution in [0.5, 0.6) is 5.88 Å². The fraction of sp³-hybridized carbons (Fsp3) is 0.143. The molecular formula is C14H12N6O3S. The summed E-state index contributed by atoms with van der Waals surface area (Å²) in [6, 6.07) is 0. The van der Waals surface area contributed by atoms with Crippen LogP contribution in [0.25, 0.3) is 11.1 Å². The van der Waals surface area contributed by atoms with E-state index in [2.05, 4.69) is 20.3 Å². The molecule has 24 heavy (non-hydrogen) atoms. The number of anilines is 1. The van der Waals surface area contributed by atoms with Gasteiger partial charge in [-0.2, -0.15) is 4.98 Å². The molecule has 2 amide bonds. The largest absolute Gasteiger partial charge is 0.492 e. The van der Waals surface area contributed by atoms with E-state index in [0.717, 1.165) is 0 Å². The lowest BCUT2D eigenvalue weighted by Gasteiger charge is -2.07. The average Bonchev–Trinajstić information content (AvgIpc) is 3.14. The highest BCUT2D eigenvalue weighted by Gasteiger charge is 2.36. The van der Waals surface area contributed by atoms with Crippen LogP contribution in [0.1, 0.15) is 27.3 Å². The van der Waals surface area contributed by atoms with Crippen molar-refractivity contribution in [2.75, 3.05) is 12.3 Å². The van der Waals surface area contributed by atoms with E-state index in [-0.39, 0.29) is 29.0 Å². The number of nitrogens with two attached hydrogens (primary N) is 2. The number of nitrogen functional groups attached to an aromatic ring is 1. The van der Waals surface area contributed by atoms with Gasteiger partial charge in [0.15, 0.2) is 0 Å². The van der Waals surface area contributed by atoms with Gasteiger partial charge in [-0.15, -0.1) is 11.3 Å². The first-order valence-corrected chi connectivity index (χ1v) is 7.92. The van der Waals surface area contributed by atoms with Crippen molar-refractivity contribution in [1.29, 1.82) is 0 Å². The maximum absolute atomic E-state index is 12.3. The lowest BCUT2D eigenvalue weighted by molar-refractivity contribution is -0.114. The molecule has 0 fully saturated rings. The highest BCUT2D eigenvalue weighted by atomic mass is 32.1. The SMILES string of the molecule is NC(=O)c1csc2c1N=C1C(=O)NCCC(c3[nH]c(N)nc3O)=C12. The first-order chi connectivity index (χ1) is 11.5. The summed E-state index contributed by atoms with van der Waals surface area (Å²) in [4.78, 5) is 35.4. The van der Waals surface area contributed by atoms with Crippen molar-refractivity contribution < 1.29 is 14.7 Å². The van der Waals surface area contributed by atoms with Crippen LogP contribution in [-0.4, -0.2) is 39.1 Å². The molecule has 0 spiro atoms. The number of hydrogen-bond acceptors (Lipinski definition) is 7. The summed E-state index contributed by atoms with van der Waals surface area (Å²) in [6.45, 7) is 0.373. The Morgan fingerprint density at radius 3 is 2.88 bits per heavy atom. The van der Waals surface area contributed by atoms with Gasteiger partial charge in [0.05, 0.1) is 16.1 Å². The van der Waals surface area contributed by atoms with Crippen LogP contribution >= 0.6 is 11.3 Å². The predicted molar refractivity (Wildman–Crippen MR) is 89.0 cm³/mol. The Bertz CT molecular complexity index is 967. The van der Waals surface area contributed by atoms with Crippen molar-refractivity contribution in [3.63, 3.8) is 0 Å². The summed E-state index contributed by atoms with van der Waals surface area (Å²) < 4.78 is 0. The molecule has 0 saturated heterocycles. The number of amides is 2. The number of imidazole rings is 1. The standard InChI is InChI=1S/C14H12N6O3S/c15-11(21)5-3-24-10-6-4(8-13(23)20-14(16)19-8)1-2-17-12(22)9(6)18-7(5)10/h3,23H,1-2H2,(H2,15,21)(H,17,22)(H3,16,19,20). The van der Waals surface area contributed by atoms with E-state index in [1.54, 1.807) is 5.38 Å². The van der Waals surface area contributed by atoms with E-state index < -0.39 is 5.91 Å². The number of hydrogen-bond donors (Lipinski definition) is 5. The Balaban J connectivity index is 2.02. The Morgan fingerprint density at radius 1 is 1.42 bits per heavy atom. The van der Waals surface area contributed by atoms with Gasteiger partial charge in [0, 0.05) is 17.5 Å². The Morgan fingerprint density at radius 2 is 2.21 bits per heavy atom. The minimum absolute atomic E-state index is 0.0693. The molecule has 0 unspecified atom stereocenters. The van der Waals surface area contributed by atoms with Gasteiger partial charge < -0.3 is 26.9 Å². The van der Waals surface area contributed by atoms with Crippen LogP contribution in [0, 0.1) is 0 Å².